The van der Waals surface area contributed by atoms with Gasteiger partial charge in [0.25, 0.3) is 0 Å². The van der Waals surface area contributed by atoms with E-state index in [1.54, 1.807) is 38.1 Å². The summed E-state index contributed by atoms with van der Waals surface area (Å²) < 4.78 is 63.0. The molecule has 38 heavy (non-hydrogen) atoms. The van der Waals surface area contributed by atoms with Crippen molar-refractivity contribution in [2.45, 2.75) is 23.6 Å². The first kappa shape index (κ1) is 28.5. The lowest BCUT2D eigenvalue weighted by atomic mass is 10.1. The molecule has 8 nitrogen and oxygen atoms in total. The zero-order chi connectivity index (χ0) is 27.8. The van der Waals surface area contributed by atoms with E-state index < -0.39 is 36.5 Å². The Morgan fingerprint density at radius 1 is 0.684 bits per heavy atom. The van der Waals surface area contributed by atoms with E-state index in [1.165, 1.54) is 60.7 Å². The van der Waals surface area contributed by atoms with E-state index in [9.17, 15) is 26.4 Å². The SMILES string of the molecule is CCOC(=O)C=C(c1ccc(C=C(C(=O)OCC)S(=O)(=O)c2ccccc2)cc1)S(=O)(=O)c1ccccc1. The molecular formula is C28H26O8S2. The number of carbonyl (C=O) groups excluding carboxylic acids is 2. The number of carbonyl (C=O) groups is 2. The van der Waals surface area contributed by atoms with Gasteiger partial charge in [0.2, 0.25) is 19.7 Å². The molecule has 0 spiro atoms. The second-order valence-electron chi connectivity index (χ2n) is 7.74. The average Bonchev–Trinajstić information content (AvgIpc) is 2.92. The first-order chi connectivity index (χ1) is 18.1. The van der Waals surface area contributed by atoms with Crippen LogP contribution in [0.3, 0.4) is 0 Å². The summed E-state index contributed by atoms with van der Waals surface area (Å²) in [5.74, 6) is -1.85. The molecule has 3 aromatic rings. The number of esters is 2. The summed E-state index contributed by atoms with van der Waals surface area (Å²) in [5, 5.41) is 0. The van der Waals surface area contributed by atoms with E-state index in [0.29, 0.717) is 5.56 Å². The third-order valence-corrected chi connectivity index (χ3v) is 8.77. The fraction of sp³-hybridized carbons (Fsp3) is 0.143. The van der Waals surface area contributed by atoms with Crippen LogP contribution in [0.5, 0.6) is 0 Å². The Bertz CT molecular complexity index is 1550. The van der Waals surface area contributed by atoms with Gasteiger partial charge in [0, 0.05) is 6.08 Å². The van der Waals surface area contributed by atoms with Crippen LogP contribution in [0.15, 0.2) is 106 Å². The number of hydrogen-bond acceptors (Lipinski definition) is 8. The highest BCUT2D eigenvalue weighted by Gasteiger charge is 2.28. The summed E-state index contributed by atoms with van der Waals surface area (Å²) in [6.07, 6.45) is 2.06. The van der Waals surface area contributed by atoms with Crippen molar-refractivity contribution in [3.05, 3.63) is 107 Å². The molecule has 0 saturated carbocycles. The highest BCUT2D eigenvalue weighted by Crippen LogP contribution is 2.29. The Balaban J connectivity index is 2.10. The van der Waals surface area contributed by atoms with Crippen LogP contribution >= 0.6 is 0 Å². The van der Waals surface area contributed by atoms with Gasteiger partial charge in [-0.1, -0.05) is 60.7 Å². The molecule has 0 aliphatic heterocycles. The molecule has 0 heterocycles. The van der Waals surface area contributed by atoms with Crippen molar-refractivity contribution in [3.8, 4) is 0 Å². The molecule has 0 atom stereocenters. The second-order valence-corrected chi connectivity index (χ2v) is 11.6. The van der Waals surface area contributed by atoms with Crippen molar-refractivity contribution in [1.29, 1.82) is 0 Å². The van der Waals surface area contributed by atoms with Gasteiger partial charge in [-0.05, 0) is 55.3 Å². The zero-order valence-corrected chi connectivity index (χ0v) is 22.4. The molecule has 198 valence electrons. The van der Waals surface area contributed by atoms with Gasteiger partial charge in [-0.15, -0.1) is 0 Å². The van der Waals surface area contributed by atoms with Gasteiger partial charge in [-0.2, -0.15) is 0 Å². The largest absolute Gasteiger partial charge is 0.463 e. The summed E-state index contributed by atoms with van der Waals surface area (Å²) in [7, 11) is -8.32. The maximum Gasteiger partial charge on any atom is 0.350 e. The Morgan fingerprint density at radius 3 is 1.68 bits per heavy atom. The molecule has 0 aliphatic carbocycles. The standard InChI is InChI=1S/C28H26O8S2/c1-3-35-27(29)20-25(37(31,32)23-11-7-5-8-12-23)22-17-15-21(16-18-22)19-26(28(30)36-4-2)38(33,34)24-13-9-6-10-14-24/h5-20H,3-4H2,1-2H3. The molecular weight excluding hydrogens is 528 g/mol. The van der Waals surface area contributed by atoms with Crippen molar-refractivity contribution >= 4 is 42.6 Å². The minimum atomic E-state index is -4.21. The van der Waals surface area contributed by atoms with Crippen LogP contribution in [-0.4, -0.2) is 42.0 Å². The summed E-state index contributed by atoms with van der Waals surface area (Å²) >= 11 is 0. The predicted octanol–water partition coefficient (Wildman–Crippen LogP) is 4.44. The van der Waals surface area contributed by atoms with Crippen molar-refractivity contribution < 1.29 is 35.9 Å². The molecule has 3 aromatic carbocycles. The number of ether oxygens (including phenoxy) is 2. The molecule has 0 aliphatic rings. The van der Waals surface area contributed by atoms with Gasteiger partial charge in [0.15, 0.2) is 4.91 Å². The smallest absolute Gasteiger partial charge is 0.350 e. The van der Waals surface area contributed by atoms with Gasteiger partial charge in [-0.3, -0.25) is 0 Å². The molecule has 0 amide bonds. The molecule has 0 saturated heterocycles. The van der Waals surface area contributed by atoms with Crippen molar-refractivity contribution in [2.75, 3.05) is 13.2 Å². The molecule has 0 fully saturated rings. The first-order valence-electron chi connectivity index (χ1n) is 11.6. The number of benzene rings is 3. The first-order valence-corrected chi connectivity index (χ1v) is 14.6. The number of rotatable bonds is 10. The lowest BCUT2D eigenvalue weighted by molar-refractivity contribution is -0.138. The van der Waals surface area contributed by atoms with E-state index in [-0.39, 0.29) is 33.5 Å². The topological polar surface area (TPSA) is 121 Å². The number of hydrogen-bond donors (Lipinski definition) is 0. The third kappa shape index (κ3) is 6.64. The highest BCUT2D eigenvalue weighted by atomic mass is 32.2. The van der Waals surface area contributed by atoms with Crippen LogP contribution in [0, 0.1) is 0 Å². The van der Waals surface area contributed by atoms with Gasteiger partial charge in [-0.25, -0.2) is 26.4 Å². The monoisotopic (exact) mass is 554 g/mol. The van der Waals surface area contributed by atoms with Crippen LogP contribution in [0.2, 0.25) is 0 Å². The van der Waals surface area contributed by atoms with E-state index in [2.05, 4.69) is 0 Å². The van der Waals surface area contributed by atoms with Crippen LogP contribution in [0.1, 0.15) is 25.0 Å². The summed E-state index contributed by atoms with van der Waals surface area (Å²) in [6, 6.07) is 20.8. The molecule has 3 rings (SSSR count). The van der Waals surface area contributed by atoms with E-state index >= 15 is 0 Å². The fourth-order valence-corrected chi connectivity index (χ4v) is 6.21. The average molecular weight is 555 g/mol. The molecule has 0 unspecified atom stereocenters. The Labute approximate surface area is 222 Å². The Morgan fingerprint density at radius 2 is 1.18 bits per heavy atom. The maximum atomic E-state index is 13.4. The fourth-order valence-electron chi connectivity index (χ4n) is 3.40. The highest BCUT2D eigenvalue weighted by molar-refractivity contribution is 8.00. The van der Waals surface area contributed by atoms with E-state index in [4.69, 9.17) is 9.47 Å². The van der Waals surface area contributed by atoms with Crippen molar-refractivity contribution in [3.63, 3.8) is 0 Å². The number of sulfone groups is 2. The van der Waals surface area contributed by atoms with E-state index in [1.807, 2.05) is 0 Å². The van der Waals surface area contributed by atoms with E-state index in [0.717, 1.165) is 12.2 Å². The summed E-state index contributed by atoms with van der Waals surface area (Å²) in [5.41, 5.74) is 0.464. The van der Waals surface area contributed by atoms with Gasteiger partial charge < -0.3 is 9.47 Å². The molecule has 0 radical (unpaired) electrons. The molecule has 0 aromatic heterocycles. The molecule has 10 heteroatoms. The van der Waals surface area contributed by atoms with Gasteiger partial charge in [0.05, 0.1) is 27.9 Å². The Hall–Kier alpha value is -4.02. The minimum Gasteiger partial charge on any atom is -0.463 e. The second kappa shape index (κ2) is 12.5. The predicted molar refractivity (Wildman–Crippen MR) is 143 cm³/mol. The normalized spacial score (nSPS) is 12.6. The molecule has 0 N–H and O–H groups in total. The summed E-state index contributed by atoms with van der Waals surface area (Å²) in [4.78, 5) is 23.9. The van der Waals surface area contributed by atoms with Gasteiger partial charge in [0.1, 0.15) is 0 Å². The Kier molecular flexibility index (Phi) is 9.38. The quantitative estimate of drug-likeness (QED) is 0.266. The summed E-state index contributed by atoms with van der Waals surface area (Å²) in [6.45, 7) is 3.19. The lowest BCUT2D eigenvalue weighted by Crippen LogP contribution is -2.16. The zero-order valence-electron chi connectivity index (χ0n) is 20.7. The third-order valence-electron chi connectivity index (χ3n) is 5.19. The molecule has 0 bridgehead atoms. The maximum absolute atomic E-state index is 13.4. The lowest BCUT2D eigenvalue weighted by Gasteiger charge is -2.11. The van der Waals surface area contributed by atoms with Crippen LogP contribution in [-0.2, 0) is 38.7 Å². The van der Waals surface area contributed by atoms with Gasteiger partial charge >= 0.3 is 11.9 Å². The van der Waals surface area contributed by atoms with Crippen LogP contribution in [0.4, 0.5) is 0 Å². The van der Waals surface area contributed by atoms with Crippen LogP contribution < -0.4 is 0 Å². The van der Waals surface area contributed by atoms with Crippen LogP contribution in [0.25, 0.3) is 11.0 Å². The minimum absolute atomic E-state index is 0.0157. The van der Waals surface area contributed by atoms with Crippen molar-refractivity contribution in [1.82, 2.24) is 0 Å². The van der Waals surface area contributed by atoms with Crippen molar-refractivity contribution in [2.24, 2.45) is 0 Å².